The van der Waals surface area contributed by atoms with Gasteiger partial charge in [-0.25, -0.2) is 22.5 Å². The minimum Gasteiger partial charge on any atom is -0.463 e. The van der Waals surface area contributed by atoms with Gasteiger partial charge in [-0.15, -0.1) is 0 Å². The van der Waals surface area contributed by atoms with Crippen LogP contribution in [0.25, 0.3) is 22.5 Å². The predicted molar refractivity (Wildman–Crippen MR) is 117 cm³/mol. The number of halogens is 1. The van der Waals surface area contributed by atoms with Crippen LogP contribution >= 0.6 is 0 Å². The van der Waals surface area contributed by atoms with E-state index in [4.69, 9.17) is 4.42 Å². The molecule has 8 nitrogen and oxygen atoms in total. The Hall–Kier alpha value is -3.53. The number of carbonyl (C=O) groups excluding carboxylic acids is 1. The monoisotopic (exact) mass is 454 g/mol. The van der Waals surface area contributed by atoms with Crippen molar-refractivity contribution in [1.29, 1.82) is 0 Å². The summed E-state index contributed by atoms with van der Waals surface area (Å²) in [6.45, 7) is 1.75. The number of nitrogens with one attached hydrogen (secondary N) is 1. The summed E-state index contributed by atoms with van der Waals surface area (Å²) in [6, 6.07) is 10.3. The SMILES string of the molecule is Cc1nn([C@@H]2CCS(=O)(=O)C2)c2nc(-c3ccco3)cc(C(=O)Nc3cccc(F)c3)c12. The fourth-order valence-corrected chi connectivity index (χ4v) is 5.72. The van der Waals surface area contributed by atoms with E-state index in [0.29, 0.717) is 40.3 Å². The number of hydrogen-bond donors (Lipinski definition) is 1. The van der Waals surface area contributed by atoms with Crippen LogP contribution in [-0.2, 0) is 9.84 Å². The summed E-state index contributed by atoms with van der Waals surface area (Å²) >= 11 is 0. The summed E-state index contributed by atoms with van der Waals surface area (Å²) in [7, 11) is -3.15. The number of carbonyl (C=O) groups is 1. The van der Waals surface area contributed by atoms with Crippen molar-refractivity contribution < 1.29 is 22.0 Å². The lowest BCUT2D eigenvalue weighted by atomic mass is 10.1. The predicted octanol–water partition coefficient (Wildman–Crippen LogP) is 3.75. The zero-order valence-corrected chi connectivity index (χ0v) is 17.9. The second-order valence-electron chi connectivity index (χ2n) is 7.78. The van der Waals surface area contributed by atoms with Crippen molar-refractivity contribution in [2.75, 3.05) is 16.8 Å². The summed E-state index contributed by atoms with van der Waals surface area (Å²) in [5.41, 5.74) is 1.96. The molecule has 10 heteroatoms. The Bertz CT molecular complexity index is 1440. The van der Waals surface area contributed by atoms with Gasteiger partial charge in [0.15, 0.2) is 21.2 Å². The van der Waals surface area contributed by atoms with Crippen molar-refractivity contribution in [2.24, 2.45) is 0 Å². The average Bonchev–Trinajstić information content (AvgIpc) is 3.47. The van der Waals surface area contributed by atoms with Crippen LogP contribution < -0.4 is 5.32 Å². The third kappa shape index (κ3) is 3.66. The van der Waals surface area contributed by atoms with Gasteiger partial charge in [-0.05, 0) is 49.7 Å². The lowest BCUT2D eigenvalue weighted by Gasteiger charge is -2.12. The van der Waals surface area contributed by atoms with Crippen LogP contribution in [0.4, 0.5) is 10.1 Å². The largest absolute Gasteiger partial charge is 0.463 e. The summed E-state index contributed by atoms with van der Waals surface area (Å²) in [4.78, 5) is 17.9. The first-order chi connectivity index (χ1) is 15.3. The third-order valence-electron chi connectivity index (χ3n) is 5.49. The molecule has 1 atom stereocenters. The van der Waals surface area contributed by atoms with Crippen molar-refractivity contribution in [3.8, 4) is 11.5 Å². The number of aryl methyl sites for hydroxylation is 1. The van der Waals surface area contributed by atoms with Crippen molar-refractivity contribution in [2.45, 2.75) is 19.4 Å². The quantitative estimate of drug-likeness (QED) is 0.503. The molecule has 5 rings (SSSR count). The van der Waals surface area contributed by atoms with E-state index in [-0.39, 0.29) is 23.1 Å². The number of rotatable bonds is 4. The van der Waals surface area contributed by atoms with E-state index in [1.54, 1.807) is 35.9 Å². The Morgan fingerprint density at radius 2 is 2.09 bits per heavy atom. The highest BCUT2D eigenvalue weighted by Gasteiger charge is 2.32. The number of amides is 1. The second-order valence-corrected chi connectivity index (χ2v) is 10.0. The standard InChI is InChI=1S/C22H19FN4O4S/c1-13-20-17(22(28)24-15-5-2-4-14(23)10-15)11-18(19-6-3-8-31-19)25-21(20)27(26-13)16-7-9-32(29,30)12-16/h2-6,8,10-11,16H,7,9,12H2,1H3,(H,24,28)/t16-/m1/s1. The maximum Gasteiger partial charge on any atom is 0.256 e. The maximum absolute atomic E-state index is 13.6. The highest BCUT2D eigenvalue weighted by molar-refractivity contribution is 7.91. The Morgan fingerprint density at radius 1 is 1.25 bits per heavy atom. The molecule has 0 bridgehead atoms. The molecule has 1 aliphatic rings. The van der Waals surface area contributed by atoms with Gasteiger partial charge in [0.1, 0.15) is 11.5 Å². The fraction of sp³-hybridized carbons (Fsp3) is 0.227. The Labute approximate surface area is 183 Å². The molecule has 32 heavy (non-hydrogen) atoms. The molecule has 0 aliphatic carbocycles. The summed E-state index contributed by atoms with van der Waals surface area (Å²) < 4.78 is 44.8. The third-order valence-corrected chi connectivity index (χ3v) is 7.24. The van der Waals surface area contributed by atoms with E-state index in [0.717, 1.165) is 0 Å². The smallest absolute Gasteiger partial charge is 0.256 e. The van der Waals surface area contributed by atoms with Gasteiger partial charge >= 0.3 is 0 Å². The van der Waals surface area contributed by atoms with E-state index in [1.165, 1.54) is 24.5 Å². The highest BCUT2D eigenvalue weighted by atomic mass is 32.2. The minimum absolute atomic E-state index is 0.0271. The Morgan fingerprint density at radius 3 is 2.78 bits per heavy atom. The maximum atomic E-state index is 13.6. The lowest BCUT2D eigenvalue weighted by Crippen LogP contribution is -2.15. The van der Waals surface area contributed by atoms with Crippen LogP contribution in [-0.4, -0.2) is 40.6 Å². The number of aromatic nitrogens is 3. The molecule has 164 valence electrons. The zero-order valence-electron chi connectivity index (χ0n) is 17.1. The van der Waals surface area contributed by atoms with E-state index in [2.05, 4.69) is 15.4 Å². The molecular formula is C22H19FN4O4S. The zero-order chi connectivity index (χ0) is 22.5. The van der Waals surface area contributed by atoms with Crippen molar-refractivity contribution in [3.63, 3.8) is 0 Å². The topological polar surface area (TPSA) is 107 Å². The molecule has 0 unspecified atom stereocenters. The number of hydrogen-bond acceptors (Lipinski definition) is 6. The highest BCUT2D eigenvalue weighted by Crippen LogP contribution is 2.32. The molecule has 0 radical (unpaired) electrons. The van der Waals surface area contributed by atoms with E-state index >= 15 is 0 Å². The number of fused-ring (bicyclic) bond motifs is 1. The average molecular weight is 454 g/mol. The van der Waals surface area contributed by atoms with Gasteiger partial charge in [0, 0.05) is 5.69 Å². The number of anilines is 1. The second kappa shape index (κ2) is 7.56. The summed E-state index contributed by atoms with van der Waals surface area (Å²) in [6.07, 6.45) is 1.93. The first-order valence-corrected chi connectivity index (χ1v) is 11.8. The van der Waals surface area contributed by atoms with Crippen LogP contribution in [0.1, 0.15) is 28.5 Å². The van der Waals surface area contributed by atoms with Crippen molar-refractivity contribution in [3.05, 3.63) is 65.8 Å². The summed E-state index contributed by atoms with van der Waals surface area (Å²) in [5, 5.41) is 7.77. The number of furan rings is 1. The normalized spacial score (nSPS) is 17.6. The first-order valence-electron chi connectivity index (χ1n) is 10.0. The number of nitrogens with zero attached hydrogens (tertiary/aromatic N) is 3. The van der Waals surface area contributed by atoms with E-state index < -0.39 is 21.6 Å². The van der Waals surface area contributed by atoms with Crippen LogP contribution in [0.5, 0.6) is 0 Å². The molecule has 1 aliphatic heterocycles. The Kier molecular flexibility index (Phi) is 4.81. The molecule has 0 saturated carbocycles. The lowest BCUT2D eigenvalue weighted by molar-refractivity contribution is 0.102. The van der Waals surface area contributed by atoms with Crippen LogP contribution in [0.15, 0.2) is 53.1 Å². The molecule has 0 spiro atoms. The molecule has 4 heterocycles. The van der Waals surface area contributed by atoms with E-state index in [9.17, 15) is 17.6 Å². The fourth-order valence-electron chi connectivity index (χ4n) is 4.03. The number of sulfone groups is 1. The molecule has 4 aromatic rings. The van der Waals surface area contributed by atoms with Gasteiger partial charge in [0.25, 0.3) is 5.91 Å². The minimum atomic E-state index is -3.15. The van der Waals surface area contributed by atoms with Crippen LogP contribution in [0, 0.1) is 12.7 Å². The summed E-state index contributed by atoms with van der Waals surface area (Å²) in [5.74, 6) is -0.414. The van der Waals surface area contributed by atoms with Gasteiger partial charge in [-0.2, -0.15) is 5.10 Å². The van der Waals surface area contributed by atoms with Gasteiger partial charge < -0.3 is 9.73 Å². The molecule has 1 saturated heterocycles. The molecule has 1 amide bonds. The van der Waals surface area contributed by atoms with Crippen LogP contribution in [0.2, 0.25) is 0 Å². The van der Waals surface area contributed by atoms with Crippen LogP contribution in [0.3, 0.4) is 0 Å². The molecule has 1 N–H and O–H groups in total. The van der Waals surface area contributed by atoms with Gasteiger partial charge in [-0.1, -0.05) is 6.07 Å². The molecule has 1 fully saturated rings. The first kappa shape index (κ1) is 20.4. The van der Waals surface area contributed by atoms with Crippen molar-refractivity contribution in [1.82, 2.24) is 14.8 Å². The number of benzene rings is 1. The molecular weight excluding hydrogens is 435 g/mol. The van der Waals surface area contributed by atoms with Gasteiger partial charge in [-0.3, -0.25) is 4.79 Å². The molecule has 1 aromatic carbocycles. The molecule has 3 aromatic heterocycles. The van der Waals surface area contributed by atoms with Gasteiger partial charge in [0.2, 0.25) is 0 Å². The van der Waals surface area contributed by atoms with Crippen molar-refractivity contribution >= 4 is 32.5 Å². The Balaban J connectivity index is 1.67. The van der Waals surface area contributed by atoms with E-state index in [1.807, 2.05) is 0 Å². The van der Waals surface area contributed by atoms with Gasteiger partial charge in [0.05, 0.1) is 40.5 Å². The number of pyridine rings is 1.